The largest absolute Gasteiger partial charge is 0.352 e. The van der Waals surface area contributed by atoms with Crippen LogP contribution < -0.4 is 11.1 Å². The number of hydrogen-bond donors (Lipinski definition) is 2. The second-order valence-corrected chi connectivity index (χ2v) is 5.58. The van der Waals surface area contributed by atoms with Gasteiger partial charge in [0.2, 0.25) is 11.8 Å². The molecule has 2 rings (SSSR count). The first kappa shape index (κ1) is 16.2. The van der Waals surface area contributed by atoms with E-state index in [4.69, 9.17) is 5.73 Å². The molecule has 0 aromatic heterocycles. The lowest BCUT2D eigenvalue weighted by molar-refractivity contribution is -0.128. The summed E-state index contributed by atoms with van der Waals surface area (Å²) in [7, 11) is 0. The zero-order valence-electron chi connectivity index (χ0n) is 11.4. The third kappa shape index (κ3) is 4.35. The molecule has 0 bridgehead atoms. The van der Waals surface area contributed by atoms with Gasteiger partial charge in [0.25, 0.3) is 0 Å². The number of halogens is 1. The van der Waals surface area contributed by atoms with Crippen LogP contribution in [0, 0.1) is 5.92 Å². The Kier molecular flexibility index (Phi) is 6.07. The summed E-state index contributed by atoms with van der Waals surface area (Å²) >= 11 is 0. The standard InChI is InChI=1S/C13H23N3O2.ClH/c1-9(17)16-6-5-11(8-16)15-13(18)7-10-3-2-4-12(10)14;/h10-12H,2-8,14H2,1H3,(H,15,18);1H/t10-,11?,12+;/m0./s1. The van der Waals surface area contributed by atoms with Gasteiger partial charge in [-0.2, -0.15) is 0 Å². The van der Waals surface area contributed by atoms with Crippen LogP contribution in [0.4, 0.5) is 0 Å². The van der Waals surface area contributed by atoms with Crippen LogP contribution in [0.15, 0.2) is 0 Å². The number of nitrogens with one attached hydrogen (secondary N) is 1. The maximum Gasteiger partial charge on any atom is 0.220 e. The van der Waals surface area contributed by atoms with E-state index < -0.39 is 0 Å². The highest BCUT2D eigenvalue weighted by Gasteiger charge is 2.29. The first-order valence-electron chi connectivity index (χ1n) is 6.86. The molecule has 1 aliphatic heterocycles. The molecule has 0 spiro atoms. The van der Waals surface area contributed by atoms with Crippen molar-refractivity contribution in [3.8, 4) is 0 Å². The van der Waals surface area contributed by atoms with E-state index >= 15 is 0 Å². The molecule has 1 saturated heterocycles. The molecule has 0 radical (unpaired) electrons. The Morgan fingerprint density at radius 1 is 1.32 bits per heavy atom. The molecule has 1 unspecified atom stereocenters. The Bertz CT molecular complexity index is 338. The molecule has 1 heterocycles. The summed E-state index contributed by atoms with van der Waals surface area (Å²) in [5, 5.41) is 3.02. The average Bonchev–Trinajstić information content (AvgIpc) is 2.89. The van der Waals surface area contributed by atoms with Gasteiger partial charge in [-0.1, -0.05) is 6.42 Å². The second-order valence-electron chi connectivity index (χ2n) is 5.58. The van der Waals surface area contributed by atoms with Crippen LogP contribution in [-0.2, 0) is 9.59 Å². The quantitative estimate of drug-likeness (QED) is 0.801. The molecule has 2 fully saturated rings. The Balaban J connectivity index is 0.00000180. The topological polar surface area (TPSA) is 75.4 Å². The minimum atomic E-state index is 0. The molecular weight excluding hydrogens is 266 g/mol. The summed E-state index contributed by atoms with van der Waals surface area (Å²) in [6.07, 6.45) is 4.65. The molecule has 19 heavy (non-hydrogen) atoms. The maximum absolute atomic E-state index is 11.9. The first-order chi connectivity index (χ1) is 8.56. The molecule has 2 amide bonds. The molecule has 110 valence electrons. The van der Waals surface area contributed by atoms with Gasteiger partial charge in [0, 0.05) is 38.5 Å². The number of nitrogens with zero attached hydrogens (tertiary/aromatic N) is 1. The molecule has 5 nitrogen and oxygen atoms in total. The number of hydrogen-bond acceptors (Lipinski definition) is 3. The van der Waals surface area contributed by atoms with E-state index in [0.29, 0.717) is 18.9 Å². The first-order valence-corrected chi connectivity index (χ1v) is 6.86. The van der Waals surface area contributed by atoms with Crippen molar-refractivity contribution in [3.63, 3.8) is 0 Å². The van der Waals surface area contributed by atoms with Crippen LogP contribution in [0.2, 0.25) is 0 Å². The van der Waals surface area contributed by atoms with E-state index in [9.17, 15) is 9.59 Å². The third-order valence-corrected chi connectivity index (χ3v) is 4.16. The van der Waals surface area contributed by atoms with Gasteiger partial charge in [0.05, 0.1) is 0 Å². The Morgan fingerprint density at radius 3 is 2.58 bits per heavy atom. The second kappa shape index (κ2) is 7.10. The molecule has 3 N–H and O–H groups in total. The van der Waals surface area contributed by atoms with Gasteiger partial charge in [-0.05, 0) is 25.2 Å². The van der Waals surface area contributed by atoms with Crippen molar-refractivity contribution in [2.45, 2.75) is 51.1 Å². The average molecular weight is 290 g/mol. The normalized spacial score (nSPS) is 30.0. The lowest BCUT2D eigenvalue weighted by Gasteiger charge is -2.18. The number of nitrogens with two attached hydrogens (primary N) is 1. The van der Waals surface area contributed by atoms with Gasteiger partial charge in [-0.25, -0.2) is 0 Å². The molecule has 6 heteroatoms. The Hall–Kier alpha value is -0.810. The monoisotopic (exact) mass is 289 g/mol. The van der Waals surface area contributed by atoms with E-state index in [1.807, 2.05) is 0 Å². The van der Waals surface area contributed by atoms with Crippen LogP contribution in [0.1, 0.15) is 39.0 Å². The molecule has 2 aliphatic rings. The smallest absolute Gasteiger partial charge is 0.220 e. The van der Waals surface area contributed by atoms with E-state index in [1.165, 1.54) is 0 Å². The van der Waals surface area contributed by atoms with E-state index in [0.717, 1.165) is 32.2 Å². The predicted octanol–water partition coefficient (Wildman–Crippen LogP) is 0.663. The van der Waals surface area contributed by atoms with Gasteiger partial charge in [-0.15, -0.1) is 12.4 Å². The maximum atomic E-state index is 11.9. The summed E-state index contributed by atoms with van der Waals surface area (Å²) in [5.74, 6) is 0.521. The van der Waals surface area contributed by atoms with Crippen LogP contribution >= 0.6 is 12.4 Å². The van der Waals surface area contributed by atoms with Crippen molar-refractivity contribution < 1.29 is 9.59 Å². The summed E-state index contributed by atoms with van der Waals surface area (Å²) < 4.78 is 0. The Labute approximate surface area is 120 Å². The minimum absolute atomic E-state index is 0. The van der Waals surface area contributed by atoms with Crippen molar-refractivity contribution in [2.24, 2.45) is 11.7 Å². The Morgan fingerprint density at radius 2 is 2.05 bits per heavy atom. The van der Waals surface area contributed by atoms with Crippen molar-refractivity contribution in [3.05, 3.63) is 0 Å². The van der Waals surface area contributed by atoms with Crippen molar-refractivity contribution in [1.29, 1.82) is 0 Å². The molecule has 1 saturated carbocycles. The fourth-order valence-electron chi connectivity index (χ4n) is 3.01. The number of carbonyl (C=O) groups excluding carboxylic acids is 2. The molecule has 0 aromatic rings. The van der Waals surface area contributed by atoms with Gasteiger partial charge in [0.15, 0.2) is 0 Å². The number of likely N-dealkylation sites (tertiary alicyclic amines) is 1. The zero-order valence-corrected chi connectivity index (χ0v) is 12.2. The molecule has 3 atom stereocenters. The summed E-state index contributed by atoms with van der Waals surface area (Å²) in [4.78, 5) is 24.9. The van der Waals surface area contributed by atoms with Crippen molar-refractivity contribution in [1.82, 2.24) is 10.2 Å². The molecular formula is C13H24ClN3O2. The highest BCUT2D eigenvalue weighted by molar-refractivity contribution is 5.85. The lowest BCUT2D eigenvalue weighted by Crippen LogP contribution is -2.39. The minimum Gasteiger partial charge on any atom is -0.352 e. The fourth-order valence-corrected chi connectivity index (χ4v) is 3.01. The van der Waals surface area contributed by atoms with Crippen LogP contribution in [0.3, 0.4) is 0 Å². The van der Waals surface area contributed by atoms with Gasteiger partial charge in [-0.3, -0.25) is 9.59 Å². The number of rotatable bonds is 3. The van der Waals surface area contributed by atoms with Crippen molar-refractivity contribution in [2.75, 3.05) is 13.1 Å². The van der Waals surface area contributed by atoms with Gasteiger partial charge < -0.3 is 16.0 Å². The highest BCUT2D eigenvalue weighted by atomic mass is 35.5. The zero-order chi connectivity index (χ0) is 13.1. The van der Waals surface area contributed by atoms with Crippen LogP contribution in [0.5, 0.6) is 0 Å². The molecule has 1 aliphatic carbocycles. The van der Waals surface area contributed by atoms with E-state index in [1.54, 1.807) is 11.8 Å². The van der Waals surface area contributed by atoms with Gasteiger partial charge >= 0.3 is 0 Å². The number of carbonyl (C=O) groups is 2. The van der Waals surface area contributed by atoms with Crippen LogP contribution in [-0.4, -0.2) is 41.9 Å². The van der Waals surface area contributed by atoms with E-state index in [-0.39, 0.29) is 36.3 Å². The lowest BCUT2D eigenvalue weighted by atomic mass is 9.99. The predicted molar refractivity (Wildman–Crippen MR) is 76.0 cm³/mol. The van der Waals surface area contributed by atoms with Crippen LogP contribution in [0.25, 0.3) is 0 Å². The molecule has 0 aromatic carbocycles. The van der Waals surface area contributed by atoms with Crippen molar-refractivity contribution >= 4 is 24.2 Å². The third-order valence-electron chi connectivity index (χ3n) is 4.16. The summed E-state index contributed by atoms with van der Waals surface area (Å²) in [5.41, 5.74) is 5.96. The van der Waals surface area contributed by atoms with E-state index in [2.05, 4.69) is 5.32 Å². The SMILES string of the molecule is CC(=O)N1CCC(NC(=O)C[C@@H]2CCC[C@H]2N)C1.Cl. The number of amides is 2. The summed E-state index contributed by atoms with van der Waals surface area (Å²) in [6, 6.07) is 0.312. The summed E-state index contributed by atoms with van der Waals surface area (Å²) in [6.45, 7) is 2.97. The highest BCUT2D eigenvalue weighted by Crippen LogP contribution is 2.26. The van der Waals surface area contributed by atoms with Gasteiger partial charge in [0.1, 0.15) is 0 Å². The fraction of sp³-hybridized carbons (Fsp3) is 0.846.